The number of halogens is 6. The molecule has 0 fully saturated rings. The van der Waals surface area contributed by atoms with Gasteiger partial charge in [0.25, 0.3) is 0 Å². The van der Waals surface area contributed by atoms with E-state index in [1.54, 1.807) is 12.1 Å². The van der Waals surface area contributed by atoms with E-state index in [0.717, 1.165) is 24.3 Å². The van der Waals surface area contributed by atoms with Crippen molar-refractivity contribution in [3.63, 3.8) is 0 Å². The molecule has 0 aromatic heterocycles. The molecule has 2 aromatic carbocycles. The summed E-state index contributed by atoms with van der Waals surface area (Å²) in [4.78, 5) is 0. The van der Waals surface area contributed by atoms with Gasteiger partial charge in [-0.25, -0.2) is 0 Å². The fourth-order valence-corrected chi connectivity index (χ4v) is 8.26. The average Bonchev–Trinajstić information content (AvgIpc) is 2.37. The second-order valence-electron chi connectivity index (χ2n) is 4.57. The fraction of sp³-hybridized carbons (Fsp3) is 0.143. The first-order valence-corrected chi connectivity index (χ1v) is 11.5. The number of benzene rings is 2. The second kappa shape index (κ2) is 5.98. The Kier molecular flexibility index (Phi) is 4.65. The molecule has 2 aromatic rings. The molecule has 0 radical (unpaired) electrons. The van der Waals surface area contributed by atoms with E-state index in [4.69, 9.17) is 0 Å². The van der Waals surface area contributed by atoms with Crippen LogP contribution in [0.4, 0.5) is 26.3 Å². The molecule has 0 amide bonds. The fourth-order valence-electron chi connectivity index (χ4n) is 1.95. The molecule has 2 rings (SSSR count). The number of rotatable bonds is 2. The Morgan fingerprint density at radius 2 is 1.00 bits per heavy atom. The third kappa shape index (κ3) is 4.46. The van der Waals surface area contributed by atoms with Crippen molar-refractivity contribution in [2.75, 3.05) is 0 Å². The summed E-state index contributed by atoms with van der Waals surface area (Å²) in [5, 5.41) is 0. The Morgan fingerprint density at radius 3 is 1.33 bits per heavy atom. The number of hydrogen-bond donors (Lipinski definition) is 0. The van der Waals surface area contributed by atoms with Gasteiger partial charge in [-0.1, -0.05) is 0 Å². The van der Waals surface area contributed by atoms with Crippen LogP contribution in [0.25, 0.3) is 0 Å². The SMILES string of the molecule is FC(F)(F)c1ccc[c]([Hg][c]2cccc(C(F)(F)F)c2)c1. The zero-order valence-corrected chi connectivity index (χ0v) is 16.1. The van der Waals surface area contributed by atoms with Gasteiger partial charge >= 0.3 is 129 Å². The zero-order chi connectivity index (χ0) is 15.7. The second-order valence-corrected chi connectivity index (χ2v) is 12.3. The van der Waals surface area contributed by atoms with Gasteiger partial charge in [0.1, 0.15) is 0 Å². The Hall–Kier alpha value is -1.04. The van der Waals surface area contributed by atoms with Crippen LogP contribution in [0.5, 0.6) is 0 Å². The Labute approximate surface area is 129 Å². The topological polar surface area (TPSA) is 0 Å². The normalized spacial score (nSPS) is 12.1. The van der Waals surface area contributed by atoms with Gasteiger partial charge < -0.3 is 0 Å². The van der Waals surface area contributed by atoms with Crippen LogP contribution in [0.1, 0.15) is 11.1 Å². The van der Waals surface area contributed by atoms with Crippen molar-refractivity contribution >= 4 is 6.14 Å². The Balaban J connectivity index is 2.27. The molecule has 0 bridgehead atoms. The third-order valence-electron chi connectivity index (χ3n) is 2.92. The van der Waals surface area contributed by atoms with E-state index in [-0.39, 0.29) is 0 Å². The van der Waals surface area contributed by atoms with Crippen molar-refractivity contribution in [1.82, 2.24) is 0 Å². The predicted molar refractivity (Wildman–Crippen MR) is 62.2 cm³/mol. The van der Waals surface area contributed by atoms with E-state index in [9.17, 15) is 26.3 Å². The number of alkyl halides is 6. The molecule has 0 saturated heterocycles. The van der Waals surface area contributed by atoms with Crippen molar-refractivity contribution < 1.29 is 50.9 Å². The summed E-state index contributed by atoms with van der Waals surface area (Å²) in [6.45, 7) is 0. The third-order valence-corrected chi connectivity index (χ3v) is 9.51. The quantitative estimate of drug-likeness (QED) is 0.444. The molecule has 0 N–H and O–H groups in total. The summed E-state index contributed by atoms with van der Waals surface area (Å²) in [7, 11) is 0. The maximum absolute atomic E-state index is 12.6. The number of hydrogen-bond acceptors (Lipinski definition) is 0. The summed E-state index contributed by atoms with van der Waals surface area (Å²) in [6.07, 6.45) is -8.87. The molecule has 0 saturated carbocycles. The molecule has 21 heavy (non-hydrogen) atoms. The minimum absolute atomic E-state index is 0.532. The van der Waals surface area contributed by atoms with Gasteiger partial charge in [0, 0.05) is 0 Å². The van der Waals surface area contributed by atoms with E-state index in [2.05, 4.69) is 0 Å². The van der Waals surface area contributed by atoms with Crippen molar-refractivity contribution in [1.29, 1.82) is 0 Å². The first kappa shape index (κ1) is 16.3. The minimum atomic E-state index is -4.43. The van der Waals surface area contributed by atoms with E-state index in [0.29, 0.717) is 6.14 Å². The average molecular weight is 491 g/mol. The zero-order valence-electron chi connectivity index (χ0n) is 10.6. The monoisotopic (exact) mass is 492 g/mol. The summed E-state index contributed by atoms with van der Waals surface area (Å²) in [5.41, 5.74) is -1.51. The van der Waals surface area contributed by atoms with Crippen molar-refractivity contribution in [2.24, 2.45) is 0 Å². The van der Waals surface area contributed by atoms with Crippen LogP contribution in [-0.2, 0) is 36.9 Å². The van der Waals surface area contributed by atoms with Crippen molar-refractivity contribution in [3.05, 3.63) is 59.7 Å². The van der Waals surface area contributed by atoms with Gasteiger partial charge in [0.05, 0.1) is 0 Å². The molecule has 0 aliphatic heterocycles. The summed E-state index contributed by atoms with van der Waals surface area (Å²) in [6, 6.07) is 9.71. The molecule has 0 spiro atoms. The van der Waals surface area contributed by atoms with E-state index < -0.39 is 48.1 Å². The summed E-state index contributed by atoms with van der Waals surface area (Å²) in [5.74, 6) is 0. The molecule has 7 heteroatoms. The van der Waals surface area contributed by atoms with Crippen LogP contribution in [0.15, 0.2) is 48.5 Å². The maximum atomic E-state index is 12.6. The standard InChI is InChI=1S/2C7H4F3.Hg/c2*8-7(9,10)6-4-2-1-3-5-6;/h2*1-2,4-5H;. The van der Waals surface area contributed by atoms with Crippen LogP contribution < -0.4 is 6.14 Å². The van der Waals surface area contributed by atoms with Gasteiger partial charge in [-0.2, -0.15) is 0 Å². The molecule has 0 aliphatic rings. The molecular formula is C14H8F6Hg. The van der Waals surface area contributed by atoms with Crippen LogP contribution in [0, 0.1) is 0 Å². The predicted octanol–water partition coefficient (Wildman–Crippen LogP) is 3.76. The molecule has 0 nitrogen and oxygen atoms in total. The Morgan fingerprint density at radius 1 is 0.619 bits per heavy atom. The molecule has 0 unspecified atom stereocenters. The Bertz CT molecular complexity index is 574. The van der Waals surface area contributed by atoms with Gasteiger partial charge in [0.15, 0.2) is 0 Å². The van der Waals surface area contributed by atoms with Crippen molar-refractivity contribution in [3.8, 4) is 0 Å². The first-order valence-electron chi connectivity index (χ1n) is 5.98. The van der Waals surface area contributed by atoms with E-state index in [1.165, 1.54) is 12.1 Å². The van der Waals surface area contributed by atoms with Gasteiger partial charge in [-0.05, 0) is 0 Å². The van der Waals surface area contributed by atoms with E-state index >= 15 is 0 Å². The van der Waals surface area contributed by atoms with Crippen molar-refractivity contribution in [2.45, 2.75) is 12.4 Å². The molecule has 0 atom stereocenters. The summed E-state index contributed by atoms with van der Waals surface area (Å²) < 4.78 is 76.7. The van der Waals surface area contributed by atoms with E-state index in [1.807, 2.05) is 0 Å². The molecule has 0 aliphatic carbocycles. The van der Waals surface area contributed by atoms with Gasteiger partial charge in [0.2, 0.25) is 0 Å². The first-order chi connectivity index (χ1) is 9.66. The van der Waals surface area contributed by atoms with Crippen LogP contribution in [-0.4, -0.2) is 0 Å². The molecule has 108 valence electrons. The van der Waals surface area contributed by atoms with Crippen LogP contribution in [0.2, 0.25) is 0 Å². The van der Waals surface area contributed by atoms with Crippen LogP contribution >= 0.6 is 0 Å². The molecular weight excluding hydrogens is 483 g/mol. The summed E-state index contributed by atoms with van der Waals surface area (Å²) >= 11 is -2.23. The van der Waals surface area contributed by atoms with Crippen LogP contribution in [0.3, 0.4) is 0 Å². The molecule has 0 heterocycles. The van der Waals surface area contributed by atoms with Gasteiger partial charge in [-0.3, -0.25) is 0 Å². The van der Waals surface area contributed by atoms with Gasteiger partial charge in [-0.15, -0.1) is 0 Å².